The molecule has 0 aromatic heterocycles. The number of amides is 1. The van der Waals surface area contributed by atoms with Crippen molar-refractivity contribution in [3.63, 3.8) is 0 Å². The van der Waals surface area contributed by atoms with Crippen molar-refractivity contribution < 1.29 is 23.9 Å². The highest BCUT2D eigenvalue weighted by Gasteiger charge is 2.80. The Morgan fingerprint density at radius 1 is 0.833 bits per heavy atom. The third-order valence-corrected chi connectivity index (χ3v) is 9.29. The summed E-state index contributed by atoms with van der Waals surface area (Å²) < 4.78 is 9.07. The largest absolute Gasteiger partial charge is 0.469 e. The highest BCUT2D eigenvalue weighted by Crippen LogP contribution is 2.73. The van der Waals surface area contributed by atoms with Crippen LogP contribution in [0.3, 0.4) is 0 Å². The minimum absolute atomic E-state index is 0.248. The third kappa shape index (κ3) is 3.44. The maximum atomic E-state index is 14.6. The van der Waals surface area contributed by atoms with Gasteiger partial charge in [-0.2, -0.15) is 0 Å². The first-order valence-electron chi connectivity index (χ1n) is 11.4. The summed E-state index contributed by atoms with van der Waals surface area (Å²) in [5.74, 6) is -3.61. The summed E-state index contributed by atoms with van der Waals surface area (Å²) in [6, 6.07) is 25.8. The molecule has 0 radical (unpaired) electrons. The Morgan fingerprint density at radius 2 is 1.39 bits per heavy atom. The van der Waals surface area contributed by atoms with Gasteiger partial charge in [0.1, 0.15) is 21.5 Å². The van der Waals surface area contributed by atoms with Gasteiger partial charge in [0.05, 0.1) is 14.2 Å². The molecule has 3 aromatic rings. The van der Waals surface area contributed by atoms with Gasteiger partial charge in [-0.1, -0.05) is 84.4 Å². The van der Waals surface area contributed by atoms with E-state index in [2.05, 4.69) is 0 Å². The highest BCUT2D eigenvalue weighted by atomic mass is 35.5. The van der Waals surface area contributed by atoms with Gasteiger partial charge in [0.15, 0.2) is 0 Å². The number of piperidine rings is 1. The lowest BCUT2D eigenvalue weighted by Gasteiger charge is -2.45. The Morgan fingerprint density at radius 3 is 1.97 bits per heavy atom. The predicted octanol–water partition coefficient (Wildman–Crippen LogP) is 4.76. The fourth-order valence-electron chi connectivity index (χ4n) is 5.52. The predicted molar refractivity (Wildman–Crippen MR) is 137 cm³/mol. The van der Waals surface area contributed by atoms with Crippen LogP contribution in [0.15, 0.2) is 84.9 Å². The average molecular weight is 522 g/mol. The first-order chi connectivity index (χ1) is 17.4. The van der Waals surface area contributed by atoms with Crippen molar-refractivity contribution in [3.05, 3.63) is 107 Å². The number of hydrogen-bond donors (Lipinski definition) is 0. The number of rotatable bonds is 6. The molecule has 2 heterocycles. The first kappa shape index (κ1) is 24.4. The monoisotopic (exact) mass is 521 g/mol. The molecule has 2 fully saturated rings. The van der Waals surface area contributed by atoms with Crippen LogP contribution in [0.1, 0.15) is 16.7 Å². The number of carbonyl (C=O) groups excluding carboxylic acids is 3. The van der Waals surface area contributed by atoms with Gasteiger partial charge >= 0.3 is 11.9 Å². The fraction of sp³-hybridized carbons (Fsp3) is 0.250. The van der Waals surface area contributed by atoms with E-state index in [9.17, 15) is 14.4 Å². The van der Waals surface area contributed by atoms with Crippen LogP contribution < -0.4 is 0 Å². The smallest absolute Gasteiger partial charge is 0.313 e. The number of halogens is 1. The maximum Gasteiger partial charge on any atom is 0.313 e. The molecule has 0 aliphatic carbocycles. The summed E-state index contributed by atoms with van der Waals surface area (Å²) in [5.41, 5.74) is 2.22. The van der Waals surface area contributed by atoms with Crippen LogP contribution in [0.2, 0.25) is 5.02 Å². The van der Waals surface area contributed by atoms with Gasteiger partial charge in [0.2, 0.25) is 5.91 Å². The summed E-state index contributed by atoms with van der Waals surface area (Å²) in [6.07, 6.45) is 0. The van der Waals surface area contributed by atoms with E-state index in [0.717, 1.165) is 11.1 Å². The molecule has 2 bridgehead atoms. The minimum Gasteiger partial charge on any atom is -0.469 e. The number of ether oxygens (including phenoxy) is 2. The van der Waals surface area contributed by atoms with Crippen LogP contribution in [0.5, 0.6) is 0 Å². The average Bonchev–Trinajstić information content (AvgIpc) is 3.37. The molecular formula is C28H24ClNO5S. The van der Waals surface area contributed by atoms with Gasteiger partial charge in [-0.05, 0) is 28.8 Å². The normalized spacial score (nSPS) is 26.6. The van der Waals surface area contributed by atoms with Crippen molar-refractivity contribution in [3.8, 4) is 0 Å². The zero-order valence-corrected chi connectivity index (χ0v) is 21.3. The fourth-order valence-corrected chi connectivity index (χ4v) is 7.82. The van der Waals surface area contributed by atoms with E-state index in [1.165, 1.54) is 26.0 Å². The number of esters is 2. The number of methoxy groups -OCH3 is 2. The van der Waals surface area contributed by atoms with Crippen LogP contribution in [0.4, 0.5) is 0 Å². The molecule has 36 heavy (non-hydrogen) atoms. The Hall–Kier alpha value is -3.29. The van der Waals surface area contributed by atoms with E-state index in [0.29, 0.717) is 10.6 Å². The Kier molecular flexibility index (Phi) is 6.30. The zero-order chi connectivity index (χ0) is 25.5. The second kappa shape index (κ2) is 9.30. The van der Waals surface area contributed by atoms with Gasteiger partial charge in [-0.15, -0.1) is 11.8 Å². The molecule has 0 spiro atoms. The Bertz CT molecular complexity index is 1300. The van der Waals surface area contributed by atoms with E-state index >= 15 is 0 Å². The molecule has 8 heteroatoms. The molecule has 184 valence electrons. The van der Waals surface area contributed by atoms with Crippen LogP contribution in [-0.4, -0.2) is 37.0 Å². The Labute approximate surface area is 218 Å². The van der Waals surface area contributed by atoms with Crippen LogP contribution in [0, 0.1) is 11.8 Å². The lowest BCUT2D eigenvalue weighted by atomic mass is 9.68. The molecular weight excluding hydrogens is 498 g/mol. The van der Waals surface area contributed by atoms with E-state index in [1.54, 1.807) is 29.2 Å². The summed E-state index contributed by atoms with van der Waals surface area (Å²) in [6.45, 7) is 0.248. The molecule has 6 nitrogen and oxygen atoms in total. The molecule has 2 aliphatic rings. The molecule has 5 rings (SSSR count). The second-order valence-electron chi connectivity index (χ2n) is 8.79. The van der Waals surface area contributed by atoms with Gasteiger partial charge in [0.25, 0.3) is 0 Å². The van der Waals surface area contributed by atoms with E-state index in [-0.39, 0.29) is 12.5 Å². The molecule has 3 aromatic carbocycles. The topological polar surface area (TPSA) is 72.9 Å². The quantitative estimate of drug-likeness (QED) is 0.436. The molecule has 4 atom stereocenters. The third-order valence-electron chi connectivity index (χ3n) is 7.03. The van der Waals surface area contributed by atoms with E-state index < -0.39 is 33.4 Å². The number of fused-ring (bicyclic) bond motifs is 2. The second-order valence-corrected chi connectivity index (χ2v) is 10.7. The first-order valence-corrected chi connectivity index (χ1v) is 12.6. The maximum absolute atomic E-state index is 14.6. The molecule has 0 unspecified atom stereocenters. The number of carbonyl (C=O) groups is 3. The Balaban J connectivity index is 1.82. The molecule has 0 saturated carbocycles. The van der Waals surface area contributed by atoms with Gasteiger partial charge < -0.3 is 14.4 Å². The van der Waals surface area contributed by atoms with Gasteiger partial charge in [0, 0.05) is 11.6 Å². The number of hydrogen-bond acceptors (Lipinski definition) is 6. The van der Waals surface area contributed by atoms with Crippen molar-refractivity contribution >= 4 is 41.2 Å². The summed E-state index contributed by atoms with van der Waals surface area (Å²) >= 11 is 7.48. The van der Waals surface area contributed by atoms with Crippen molar-refractivity contribution in [1.29, 1.82) is 0 Å². The molecule has 2 saturated heterocycles. The van der Waals surface area contributed by atoms with Crippen molar-refractivity contribution in [2.75, 3.05) is 14.2 Å². The SMILES string of the molecule is COC(=O)[C@@H]1[C@@H](C(=O)OC)[C@]2(c3ccccc3)S[C@]1(c1ccc(Cl)cc1)C(=O)N2Cc1ccccc1. The van der Waals surface area contributed by atoms with Crippen LogP contribution >= 0.6 is 23.4 Å². The van der Waals surface area contributed by atoms with Crippen LogP contribution in [0.25, 0.3) is 0 Å². The minimum atomic E-state index is -1.42. The lowest BCUT2D eigenvalue weighted by molar-refractivity contribution is -0.172. The summed E-state index contributed by atoms with van der Waals surface area (Å²) in [5, 5.41) is 0.498. The van der Waals surface area contributed by atoms with Crippen molar-refractivity contribution in [2.24, 2.45) is 11.8 Å². The van der Waals surface area contributed by atoms with E-state index in [4.69, 9.17) is 21.1 Å². The highest BCUT2D eigenvalue weighted by molar-refractivity contribution is 8.02. The van der Waals surface area contributed by atoms with Gasteiger partial charge in [-0.3, -0.25) is 14.4 Å². The summed E-state index contributed by atoms with van der Waals surface area (Å²) in [4.78, 5) is 42.0. The number of likely N-dealkylation sites (tertiary alicyclic amines) is 1. The van der Waals surface area contributed by atoms with E-state index in [1.807, 2.05) is 60.7 Å². The van der Waals surface area contributed by atoms with Crippen molar-refractivity contribution in [2.45, 2.75) is 16.2 Å². The molecule has 1 amide bonds. The number of nitrogens with zero attached hydrogens (tertiary/aromatic N) is 1. The standard InChI is InChI=1S/C28H24ClNO5S/c1-34-24(31)22-23(25(32)35-2)28(20-11-7-4-8-12-20)30(17-18-9-5-3-6-10-18)26(33)27(22,36-28)19-13-15-21(29)16-14-19/h3-16,22-23H,17H2,1-2H3/t22-,23-,27-,28-/m0/s1. The molecule has 2 aliphatic heterocycles. The lowest BCUT2D eigenvalue weighted by Crippen LogP contribution is -2.60. The van der Waals surface area contributed by atoms with Gasteiger partial charge in [-0.25, -0.2) is 0 Å². The zero-order valence-electron chi connectivity index (χ0n) is 19.7. The van der Waals surface area contributed by atoms with Crippen LogP contribution in [-0.2, 0) is 40.0 Å². The number of benzene rings is 3. The molecule has 0 N–H and O–H groups in total. The van der Waals surface area contributed by atoms with Crippen molar-refractivity contribution in [1.82, 2.24) is 4.90 Å². The summed E-state index contributed by atoms with van der Waals surface area (Å²) in [7, 11) is 2.56. The number of thioether (sulfide) groups is 1.